The Kier molecular flexibility index (Phi) is 6.73. The average molecular weight is 383 g/mol. The number of thiocarbonyl (C=S) groups is 1. The second-order valence-corrected chi connectivity index (χ2v) is 8.15. The third kappa shape index (κ3) is 5.96. The van der Waals surface area contributed by atoms with E-state index in [0.29, 0.717) is 5.11 Å². The lowest BCUT2D eigenvalue weighted by molar-refractivity contribution is 0.242. The van der Waals surface area contributed by atoms with Crippen molar-refractivity contribution in [2.45, 2.75) is 64.0 Å². The Labute approximate surface area is 168 Å². The van der Waals surface area contributed by atoms with Gasteiger partial charge in [0.25, 0.3) is 0 Å². The highest BCUT2D eigenvalue weighted by Crippen LogP contribution is 2.34. The molecule has 1 aliphatic rings. The van der Waals surface area contributed by atoms with E-state index in [1.807, 2.05) is 38.1 Å². The quantitative estimate of drug-likeness (QED) is 0.601. The van der Waals surface area contributed by atoms with Gasteiger partial charge in [-0.05, 0) is 81.6 Å². The first-order chi connectivity index (χ1) is 13.0. The maximum Gasteiger partial charge on any atom is 0.171 e. The van der Waals surface area contributed by atoms with Crippen molar-refractivity contribution in [2.75, 3.05) is 5.32 Å². The molecule has 144 valence electrons. The number of anilines is 1. The predicted molar refractivity (Wildman–Crippen MR) is 118 cm³/mol. The van der Waals surface area contributed by atoms with Crippen LogP contribution in [0.4, 0.5) is 5.69 Å². The van der Waals surface area contributed by atoms with Gasteiger partial charge in [-0.2, -0.15) is 0 Å². The maximum atomic E-state index is 5.70. The van der Waals surface area contributed by atoms with E-state index in [4.69, 9.17) is 17.0 Å². The number of rotatable bonds is 7. The van der Waals surface area contributed by atoms with Crippen LogP contribution in [0.5, 0.6) is 5.75 Å². The number of nitrogens with one attached hydrogen (secondary N) is 2. The number of hydrogen-bond acceptors (Lipinski definition) is 2. The molecular formula is C23H30N2OS. The van der Waals surface area contributed by atoms with Gasteiger partial charge in [-0.1, -0.05) is 43.2 Å². The summed E-state index contributed by atoms with van der Waals surface area (Å²) in [6, 6.07) is 18.7. The Morgan fingerprint density at radius 3 is 2.33 bits per heavy atom. The molecule has 1 fully saturated rings. The second kappa shape index (κ2) is 9.23. The van der Waals surface area contributed by atoms with Crippen LogP contribution in [0.2, 0.25) is 0 Å². The van der Waals surface area contributed by atoms with Crippen molar-refractivity contribution < 1.29 is 4.74 Å². The molecule has 4 heteroatoms. The smallest absolute Gasteiger partial charge is 0.171 e. The molecule has 1 saturated carbocycles. The fourth-order valence-corrected chi connectivity index (χ4v) is 4.14. The molecule has 0 aliphatic heterocycles. The highest BCUT2D eigenvalue weighted by Gasteiger charge is 2.33. The molecule has 2 aromatic rings. The number of ether oxygens (including phenoxy) is 1. The molecule has 0 atom stereocenters. The highest BCUT2D eigenvalue weighted by atomic mass is 32.1. The van der Waals surface area contributed by atoms with E-state index in [-0.39, 0.29) is 11.6 Å². The average Bonchev–Trinajstić information content (AvgIpc) is 3.11. The first-order valence-electron chi connectivity index (χ1n) is 9.94. The third-order valence-corrected chi connectivity index (χ3v) is 5.36. The van der Waals surface area contributed by atoms with E-state index in [9.17, 15) is 0 Å². The molecule has 2 N–H and O–H groups in total. The molecule has 1 aliphatic carbocycles. The van der Waals surface area contributed by atoms with Crippen LogP contribution in [-0.2, 0) is 6.42 Å². The Morgan fingerprint density at radius 2 is 1.70 bits per heavy atom. The summed E-state index contributed by atoms with van der Waals surface area (Å²) in [4.78, 5) is 0. The van der Waals surface area contributed by atoms with Crippen molar-refractivity contribution >= 4 is 23.0 Å². The number of hydrogen-bond donors (Lipinski definition) is 2. The molecule has 27 heavy (non-hydrogen) atoms. The van der Waals surface area contributed by atoms with Gasteiger partial charge in [0.2, 0.25) is 0 Å². The fraction of sp³-hybridized carbons (Fsp3) is 0.435. The van der Waals surface area contributed by atoms with Crippen LogP contribution >= 0.6 is 12.2 Å². The van der Waals surface area contributed by atoms with E-state index in [0.717, 1.165) is 24.3 Å². The molecule has 2 aromatic carbocycles. The molecule has 0 aromatic heterocycles. The molecule has 0 amide bonds. The third-order valence-electron chi connectivity index (χ3n) is 5.16. The van der Waals surface area contributed by atoms with Crippen LogP contribution in [0.1, 0.15) is 51.5 Å². The summed E-state index contributed by atoms with van der Waals surface area (Å²) in [6.45, 7) is 4.06. The zero-order valence-corrected chi connectivity index (χ0v) is 17.1. The topological polar surface area (TPSA) is 33.3 Å². The molecular weight excluding hydrogens is 352 g/mol. The number of benzene rings is 2. The fourth-order valence-electron chi connectivity index (χ4n) is 3.81. The molecule has 0 unspecified atom stereocenters. The summed E-state index contributed by atoms with van der Waals surface area (Å²) >= 11 is 5.62. The minimum absolute atomic E-state index is 0.112. The normalized spacial score (nSPS) is 15.5. The standard InChI is InChI=1S/C23H30N2OS/c1-18(2)26-21-12-10-20(11-13-21)24-22(27)25-23(15-6-7-16-23)17-14-19-8-4-3-5-9-19/h3-5,8-13,18H,6-7,14-17H2,1-2H3,(H2,24,25,27). The molecule has 0 heterocycles. The van der Waals surface area contributed by atoms with Crippen LogP contribution in [0.25, 0.3) is 0 Å². The molecule has 0 radical (unpaired) electrons. The summed E-state index contributed by atoms with van der Waals surface area (Å²) in [6.07, 6.45) is 7.28. The lowest BCUT2D eigenvalue weighted by Crippen LogP contribution is -2.48. The summed E-state index contributed by atoms with van der Waals surface area (Å²) in [7, 11) is 0. The van der Waals surface area contributed by atoms with Crippen LogP contribution in [0, 0.1) is 0 Å². The minimum Gasteiger partial charge on any atom is -0.491 e. The Hall–Kier alpha value is -2.07. The van der Waals surface area contributed by atoms with Gasteiger partial charge >= 0.3 is 0 Å². The van der Waals surface area contributed by atoms with Crippen molar-refractivity contribution in [3.8, 4) is 5.75 Å². The Balaban J connectivity index is 1.56. The summed E-state index contributed by atoms with van der Waals surface area (Å²) in [5, 5.41) is 7.69. The van der Waals surface area contributed by atoms with Gasteiger partial charge in [0.05, 0.1) is 6.10 Å². The van der Waals surface area contributed by atoms with Crippen LogP contribution in [-0.4, -0.2) is 16.8 Å². The summed E-state index contributed by atoms with van der Waals surface area (Å²) in [5.41, 5.74) is 2.49. The molecule has 0 saturated heterocycles. The van der Waals surface area contributed by atoms with E-state index in [2.05, 4.69) is 41.0 Å². The van der Waals surface area contributed by atoms with Gasteiger partial charge in [-0.25, -0.2) is 0 Å². The van der Waals surface area contributed by atoms with E-state index in [1.54, 1.807) is 0 Å². The molecule has 3 rings (SSSR count). The zero-order valence-electron chi connectivity index (χ0n) is 16.3. The van der Waals surface area contributed by atoms with Crippen LogP contribution < -0.4 is 15.4 Å². The van der Waals surface area contributed by atoms with E-state index >= 15 is 0 Å². The van der Waals surface area contributed by atoms with Crippen LogP contribution in [0.15, 0.2) is 54.6 Å². The van der Waals surface area contributed by atoms with Crippen molar-refractivity contribution in [3.05, 3.63) is 60.2 Å². The van der Waals surface area contributed by atoms with Crippen molar-refractivity contribution in [1.82, 2.24) is 5.32 Å². The first kappa shape index (κ1) is 19.7. The van der Waals surface area contributed by atoms with Crippen molar-refractivity contribution in [1.29, 1.82) is 0 Å². The van der Waals surface area contributed by atoms with Gasteiger partial charge in [0, 0.05) is 11.2 Å². The molecule has 0 bridgehead atoms. The minimum atomic E-state index is 0.112. The lowest BCUT2D eigenvalue weighted by atomic mass is 9.89. The first-order valence-corrected chi connectivity index (χ1v) is 10.4. The Morgan fingerprint density at radius 1 is 1.04 bits per heavy atom. The number of aryl methyl sites for hydroxylation is 1. The second-order valence-electron chi connectivity index (χ2n) is 7.74. The van der Waals surface area contributed by atoms with E-state index < -0.39 is 0 Å². The van der Waals surface area contributed by atoms with Gasteiger partial charge in [-0.15, -0.1) is 0 Å². The maximum absolute atomic E-state index is 5.70. The lowest BCUT2D eigenvalue weighted by Gasteiger charge is -2.32. The molecule has 3 nitrogen and oxygen atoms in total. The Bertz CT molecular complexity index is 722. The largest absolute Gasteiger partial charge is 0.491 e. The van der Waals surface area contributed by atoms with Crippen molar-refractivity contribution in [3.63, 3.8) is 0 Å². The monoisotopic (exact) mass is 382 g/mol. The SMILES string of the molecule is CC(C)Oc1ccc(NC(=S)NC2(CCc3ccccc3)CCCC2)cc1. The highest BCUT2D eigenvalue weighted by molar-refractivity contribution is 7.80. The predicted octanol–water partition coefficient (Wildman–Crippen LogP) is 5.71. The van der Waals surface area contributed by atoms with Crippen LogP contribution in [0.3, 0.4) is 0 Å². The van der Waals surface area contributed by atoms with E-state index in [1.165, 1.54) is 31.2 Å². The summed E-state index contributed by atoms with van der Waals surface area (Å²) in [5.74, 6) is 0.879. The summed E-state index contributed by atoms with van der Waals surface area (Å²) < 4.78 is 5.70. The van der Waals surface area contributed by atoms with Gasteiger partial charge < -0.3 is 15.4 Å². The van der Waals surface area contributed by atoms with Gasteiger partial charge in [-0.3, -0.25) is 0 Å². The molecule has 0 spiro atoms. The zero-order chi connectivity index (χ0) is 19.1. The van der Waals surface area contributed by atoms with Gasteiger partial charge in [0.1, 0.15) is 5.75 Å². The van der Waals surface area contributed by atoms with Gasteiger partial charge in [0.15, 0.2) is 5.11 Å². The van der Waals surface area contributed by atoms with Crippen molar-refractivity contribution in [2.24, 2.45) is 0 Å².